The van der Waals surface area contributed by atoms with Crippen LogP contribution in [0.25, 0.3) is 0 Å². The smallest absolute Gasteiger partial charge is 0.205 e. The number of carbonyl (C=O) groups is 1. The zero-order valence-electron chi connectivity index (χ0n) is 17.4. The molecule has 30 heavy (non-hydrogen) atoms. The van der Waals surface area contributed by atoms with Crippen LogP contribution in [-0.4, -0.2) is 79.8 Å². The Morgan fingerprint density at radius 3 is 2.50 bits per heavy atom. The van der Waals surface area contributed by atoms with Crippen LogP contribution < -0.4 is 0 Å². The number of aliphatic hydroxyl groups is 4. The van der Waals surface area contributed by atoms with E-state index in [1.54, 1.807) is 32.1 Å². The standard InChI is InChI=1S/C22H28O8/c1-19(2,26)5-6-21-9-7-8-10(13(24)16-15(28-16)12(8)23)11(21)14(25)17-18(29-17)22(21,27)30-20(9,3)4/h5-7,9-11,13-18,24-27H,1-4H3/b6-5-/t9-,10-,11-,13-,14-,15-,16+,17+,18+,21-,22+/m1/s1. The molecule has 5 fully saturated rings. The Morgan fingerprint density at radius 2 is 1.83 bits per heavy atom. The molecule has 3 aliphatic heterocycles. The fourth-order valence-electron chi connectivity index (χ4n) is 6.90. The molecular formula is C22H28O8. The van der Waals surface area contributed by atoms with E-state index in [0.29, 0.717) is 5.57 Å². The van der Waals surface area contributed by atoms with Crippen molar-refractivity contribution in [3.63, 3.8) is 0 Å². The van der Waals surface area contributed by atoms with E-state index in [0.717, 1.165) is 0 Å². The third-order valence-corrected chi connectivity index (χ3v) is 8.10. The Balaban J connectivity index is 1.63. The molecular weight excluding hydrogens is 392 g/mol. The Morgan fingerprint density at radius 1 is 1.13 bits per heavy atom. The molecule has 0 aromatic carbocycles. The fraction of sp³-hybridized carbons (Fsp3) is 0.773. The Labute approximate surface area is 174 Å². The molecule has 4 N–H and O–H groups in total. The van der Waals surface area contributed by atoms with E-state index >= 15 is 0 Å². The van der Waals surface area contributed by atoms with Crippen LogP contribution in [0.2, 0.25) is 0 Å². The summed E-state index contributed by atoms with van der Waals surface area (Å²) in [5.74, 6) is -3.92. The van der Waals surface area contributed by atoms with Gasteiger partial charge in [-0.2, -0.15) is 0 Å². The van der Waals surface area contributed by atoms with Gasteiger partial charge in [-0.1, -0.05) is 18.2 Å². The van der Waals surface area contributed by atoms with Crippen LogP contribution in [0.4, 0.5) is 0 Å². The Kier molecular flexibility index (Phi) is 3.43. The number of epoxide rings is 2. The van der Waals surface area contributed by atoms with Gasteiger partial charge in [-0.3, -0.25) is 4.79 Å². The SMILES string of the molecule is CC(C)(O)/C=C\[C@@]12[C@H]3[C@@H](O)[C@@H]4O[C@@H]4[C@]1(O)OC(C)(C)[C@H]2C=C1C(=O)[C@H]2O[C@H]2[C@H](O)[C@H]13. The van der Waals surface area contributed by atoms with Crippen LogP contribution in [0.3, 0.4) is 0 Å². The second-order valence-corrected chi connectivity index (χ2v) is 10.9. The number of hydrogen-bond donors (Lipinski definition) is 4. The number of ketones is 1. The number of hydrogen-bond acceptors (Lipinski definition) is 8. The molecule has 8 heteroatoms. The molecule has 0 amide bonds. The summed E-state index contributed by atoms with van der Waals surface area (Å²) in [5.41, 5.74) is -2.84. The summed E-state index contributed by atoms with van der Waals surface area (Å²) in [6, 6.07) is 0. The summed E-state index contributed by atoms with van der Waals surface area (Å²) >= 11 is 0. The minimum atomic E-state index is -1.77. The van der Waals surface area contributed by atoms with Gasteiger partial charge in [0.2, 0.25) is 5.79 Å². The highest BCUT2D eigenvalue weighted by Gasteiger charge is 2.84. The lowest BCUT2D eigenvalue weighted by molar-refractivity contribution is -0.281. The highest BCUT2D eigenvalue weighted by atomic mass is 16.7. The number of ether oxygens (including phenoxy) is 3. The van der Waals surface area contributed by atoms with Crippen molar-refractivity contribution >= 4 is 5.78 Å². The fourth-order valence-corrected chi connectivity index (χ4v) is 6.90. The molecule has 2 saturated carbocycles. The monoisotopic (exact) mass is 420 g/mol. The van der Waals surface area contributed by atoms with Crippen LogP contribution in [0.15, 0.2) is 23.8 Å². The minimum Gasteiger partial charge on any atom is -0.390 e. The zero-order valence-corrected chi connectivity index (χ0v) is 17.4. The van der Waals surface area contributed by atoms with Crippen molar-refractivity contribution in [3.05, 3.63) is 23.8 Å². The summed E-state index contributed by atoms with van der Waals surface area (Å²) in [6.45, 7) is 6.92. The van der Waals surface area contributed by atoms with E-state index in [1.165, 1.54) is 0 Å². The number of rotatable bonds is 2. The first-order valence-electron chi connectivity index (χ1n) is 10.6. The van der Waals surface area contributed by atoms with E-state index in [4.69, 9.17) is 14.2 Å². The largest absolute Gasteiger partial charge is 0.390 e. The number of carbonyl (C=O) groups excluding carboxylic acids is 1. The molecule has 11 atom stereocenters. The highest BCUT2D eigenvalue weighted by molar-refractivity contribution is 6.03. The highest BCUT2D eigenvalue weighted by Crippen LogP contribution is 2.72. The molecule has 0 aromatic rings. The normalized spacial score (nSPS) is 57.3. The maximum absolute atomic E-state index is 13.0. The molecule has 3 saturated heterocycles. The third kappa shape index (κ3) is 2.09. The zero-order chi connectivity index (χ0) is 21.6. The van der Waals surface area contributed by atoms with Crippen molar-refractivity contribution in [2.45, 2.75) is 81.3 Å². The predicted octanol–water partition coefficient (Wildman–Crippen LogP) is -0.561. The molecule has 3 aliphatic carbocycles. The molecule has 0 aromatic heterocycles. The van der Waals surface area contributed by atoms with Crippen LogP contribution in [0.5, 0.6) is 0 Å². The topological polar surface area (TPSA) is 132 Å². The maximum atomic E-state index is 13.0. The van der Waals surface area contributed by atoms with Gasteiger partial charge in [0.25, 0.3) is 0 Å². The number of Topliss-reactive ketones (excluding diaryl/α,β-unsaturated/α-hetero) is 1. The van der Waals surface area contributed by atoms with Crippen molar-refractivity contribution < 1.29 is 39.4 Å². The van der Waals surface area contributed by atoms with Gasteiger partial charge < -0.3 is 34.6 Å². The molecule has 164 valence electrons. The Bertz CT molecular complexity index is 901. The van der Waals surface area contributed by atoms with Crippen LogP contribution in [0.1, 0.15) is 27.7 Å². The van der Waals surface area contributed by atoms with E-state index in [-0.39, 0.29) is 5.78 Å². The van der Waals surface area contributed by atoms with Gasteiger partial charge in [0.1, 0.15) is 24.4 Å². The summed E-state index contributed by atoms with van der Waals surface area (Å²) in [5, 5.41) is 44.7. The van der Waals surface area contributed by atoms with Gasteiger partial charge in [-0.05, 0) is 27.7 Å². The minimum absolute atomic E-state index is 0.173. The first kappa shape index (κ1) is 19.5. The molecule has 0 bridgehead atoms. The number of fused-ring (bicyclic) bond motifs is 5. The first-order chi connectivity index (χ1) is 13.8. The molecule has 6 rings (SSSR count). The van der Waals surface area contributed by atoms with Crippen LogP contribution in [-0.2, 0) is 19.0 Å². The second kappa shape index (κ2) is 5.26. The third-order valence-electron chi connectivity index (χ3n) is 8.10. The molecule has 8 nitrogen and oxygen atoms in total. The quantitative estimate of drug-likeness (QED) is 0.345. The molecule has 0 radical (unpaired) electrons. The van der Waals surface area contributed by atoms with Gasteiger partial charge in [0, 0.05) is 23.3 Å². The van der Waals surface area contributed by atoms with Crippen molar-refractivity contribution in [1.82, 2.24) is 0 Å². The van der Waals surface area contributed by atoms with E-state index in [9.17, 15) is 25.2 Å². The van der Waals surface area contributed by atoms with E-state index in [2.05, 4.69) is 0 Å². The van der Waals surface area contributed by atoms with E-state index in [1.807, 2.05) is 13.8 Å². The average molecular weight is 420 g/mol. The van der Waals surface area contributed by atoms with Crippen molar-refractivity contribution in [3.8, 4) is 0 Å². The molecule has 0 unspecified atom stereocenters. The van der Waals surface area contributed by atoms with Crippen molar-refractivity contribution in [2.75, 3.05) is 0 Å². The van der Waals surface area contributed by atoms with Crippen LogP contribution >= 0.6 is 0 Å². The molecule has 0 spiro atoms. The van der Waals surface area contributed by atoms with Crippen molar-refractivity contribution in [2.24, 2.45) is 23.2 Å². The van der Waals surface area contributed by atoms with Crippen LogP contribution in [0, 0.1) is 23.2 Å². The van der Waals surface area contributed by atoms with Crippen molar-refractivity contribution in [1.29, 1.82) is 0 Å². The lowest BCUT2D eigenvalue weighted by Gasteiger charge is -2.56. The van der Waals surface area contributed by atoms with Gasteiger partial charge in [-0.15, -0.1) is 0 Å². The second-order valence-electron chi connectivity index (χ2n) is 10.9. The lowest BCUT2D eigenvalue weighted by atomic mass is 9.46. The van der Waals surface area contributed by atoms with E-state index < -0.39 is 76.8 Å². The summed E-state index contributed by atoms with van der Waals surface area (Å²) in [7, 11) is 0. The summed E-state index contributed by atoms with van der Waals surface area (Å²) in [4.78, 5) is 13.0. The lowest BCUT2D eigenvalue weighted by Crippen LogP contribution is -2.68. The first-order valence-corrected chi connectivity index (χ1v) is 10.6. The van der Waals surface area contributed by atoms with Gasteiger partial charge >= 0.3 is 0 Å². The average Bonchev–Trinajstić information content (AvgIpc) is 3.51. The van der Waals surface area contributed by atoms with Gasteiger partial charge in [0.15, 0.2) is 5.78 Å². The Hall–Kier alpha value is -1.13. The predicted molar refractivity (Wildman–Crippen MR) is 101 cm³/mol. The number of aliphatic hydroxyl groups excluding tert-OH is 2. The maximum Gasteiger partial charge on any atom is 0.205 e. The molecule has 3 heterocycles. The summed E-state index contributed by atoms with van der Waals surface area (Å²) < 4.78 is 17.4. The van der Waals surface area contributed by atoms with Gasteiger partial charge in [-0.25, -0.2) is 0 Å². The molecule has 6 aliphatic rings. The van der Waals surface area contributed by atoms with Gasteiger partial charge in [0.05, 0.1) is 28.8 Å². The summed E-state index contributed by atoms with van der Waals surface area (Å²) in [6.07, 6.45) is 0.494.